The summed E-state index contributed by atoms with van der Waals surface area (Å²) in [5.74, 6) is 0.794. The summed E-state index contributed by atoms with van der Waals surface area (Å²) in [6, 6.07) is 21.6. The van der Waals surface area contributed by atoms with Crippen LogP contribution in [0.5, 0.6) is 0 Å². The Hall–Kier alpha value is -1.43. The molecule has 1 nitrogen and oxygen atoms in total. The van der Waals surface area contributed by atoms with E-state index in [0.717, 1.165) is 5.92 Å². The van der Waals surface area contributed by atoms with Crippen molar-refractivity contribution in [3.8, 4) is 0 Å². The van der Waals surface area contributed by atoms with Gasteiger partial charge in [-0.1, -0.05) is 86.0 Å². The normalized spacial score (nSPS) is 23.0. The van der Waals surface area contributed by atoms with Crippen molar-refractivity contribution in [3.63, 3.8) is 0 Å². The van der Waals surface area contributed by atoms with E-state index in [2.05, 4.69) is 66.7 Å². The molecular weight excluding hydrogens is 335 g/mol. The Balaban J connectivity index is 1.56. The lowest BCUT2D eigenvalue weighted by Crippen LogP contribution is -2.19. The van der Waals surface area contributed by atoms with Crippen molar-refractivity contribution in [3.05, 3.63) is 72.3 Å². The van der Waals surface area contributed by atoms with Crippen molar-refractivity contribution in [2.75, 3.05) is 0 Å². The van der Waals surface area contributed by atoms with E-state index in [1.165, 1.54) is 62.0 Å². The average Bonchev–Trinajstić information content (AvgIpc) is 3.15. The van der Waals surface area contributed by atoms with Crippen LogP contribution in [0.4, 0.5) is 0 Å². The summed E-state index contributed by atoms with van der Waals surface area (Å²) >= 11 is 0. The number of benzene rings is 2. The molecule has 0 bridgehead atoms. The zero-order valence-electron chi connectivity index (χ0n) is 15.5. The average molecular weight is 364 g/mol. The highest BCUT2D eigenvalue weighted by atomic mass is 31.1. The first-order valence-electron chi connectivity index (χ1n) is 10.2. The molecule has 0 unspecified atom stereocenters. The standard InChI is InChI=1S/C24H29OP/c1-4-11-20(12-5-1)19-21-13-10-18-24(21)25-26(22-14-6-2-7-15-22)23-16-8-3-9-17-23/h2-3,6-9,14-17,19-20,24H,1,4-5,10-13,18H2/b21-19+/t24-/m1/s1. The van der Waals surface area contributed by atoms with Crippen LogP contribution < -0.4 is 10.6 Å². The van der Waals surface area contributed by atoms with Gasteiger partial charge >= 0.3 is 0 Å². The van der Waals surface area contributed by atoms with E-state index in [9.17, 15) is 0 Å². The molecule has 26 heavy (non-hydrogen) atoms. The van der Waals surface area contributed by atoms with Crippen molar-refractivity contribution in [2.24, 2.45) is 5.92 Å². The van der Waals surface area contributed by atoms with Crippen molar-refractivity contribution < 1.29 is 4.52 Å². The second kappa shape index (κ2) is 8.98. The fraction of sp³-hybridized carbons (Fsp3) is 0.417. The van der Waals surface area contributed by atoms with Gasteiger partial charge in [-0.15, -0.1) is 0 Å². The van der Waals surface area contributed by atoms with Gasteiger partial charge in [0, 0.05) is 10.6 Å². The summed E-state index contributed by atoms with van der Waals surface area (Å²) in [5.41, 5.74) is 1.58. The summed E-state index contributed by atoms with van der Waals surface area (Å²) in [5, 5.41) is 2.63. The van der Waals surface area contributed by atoms with E-state index in [1.807, 2.05) is 0 Å². The van der Waals surface area contributed by atoms with Gasteiger partial charge in [0.25, 0.3) is 0 Å². The Kier molecular flexibility index (Phi) is 6.20. The molecule has 2 aliphatic rings. The predicted octanol–water partition coefficient (Wildman–Crippen LogP) is 6.11. The second-order valence-electron chi connectivity index (χ2n) is 7.59. The second-order valence-corrected chi connectivity index (χ2v) is 9.42. The first-order valence-corrected chi connectivity index (χ1v) is 11.4. The van der Waals surface area contributed by atoms with E-state index in [-0.39, 0.29) is 0 Å². The molecule has 1 atom stereocenters. The molecule has 0 aromatic heterocycles. The molecule has 0 N–H and O–H groups in total. The van der Waals surface area contributed by atoms with Gasteiger partial charge < -0.3 is 4.52 Å². The fourth-order valence-corrected chi connectivity index (χ4v) is 6.20. The zero-order chi connectivity index (χ0) is 17.6. The van der Waals surface area contributed by atoms with Crippen LogP contribution >= 0.6 is 8.15 Å². The van der Waals surface area contributed by atoms with Gasteiger partial charge in [-0.25, -0.2) is 0 Å². The van der Waals surface area contributed by atoms with Crippen LogP contribution in [0.25, 0.3) is 0 Å². The molecule has 4 rings (SSSR count). The smallest absolute Gasteiger partial charge is 0.0926 e. The Morgan fingerprint density at radius 1 is 0.731 bits per heavy atom. The third kappa shape index (κ3) is 4.45. The van der Waals surface area contributed by atoms with E-state index in [4.69, 9.17) is 4.52 Å². The van der Waals surface area contributed by atoms with E-state index >= 15 is 0 Å². The highest BCUT2D eigenvalue weighted by Gasteiger charge is 2.28. The molecule has 0 aliphatic heterocycles. The summed E-state index contributed by atoms with van der Waals surface area (Å²) < 4.78 is 6.83. The molecule has 2 aromatic carbocycles. The summed E-state index contributed by atoms with van der Waals surface area (Å²) in [6.07, 6.45) is 13.6. The lowest BCUT2D eigenvalue weighted by Gasteiger charge is -2.25. The Morgan fingerprint density at radius 2 is 1.35 bits per heavy atom. The van der Waals surface area contributed by atoms with Crippen LogP contribution in [0.15, 0.2) is 72.3 Å². The van der Waals surface area contributed by atoms with Gasteiger partial charge in [-0.05, 0) is 43.6 Å². The molecule has 2 heteroatoms. The maximum atomic E-state index is 6.83. The summed E-state index contributed by atoms with van der Waals surface area (Å²) in [4.78, 5) is 0. The van der Waals surface area contributed by atoms with E-state index < -0.39 is 8.15 Å². The molecule has 0 radical (unpaired) electrons. The molecule has 0 saturated heterocycles. The molecule has 2 fully saturated rings. The van der Waals surface area contributed by atoms with Crippen molar-refractivity contribution in [1.29, 1.82) is 0 Å². The fourth-order valence-electron chi connectivity index (χ4n) is 4.28. The van der Waals surface area contributed by atoms with Crippen LogP contribution in [0.2, 0.25) is 0 Å². The minimum Gasteiger partial charge on any atom is -0.342 e. The lowest BCUT2D eigenvalue weighted by molar-refractivity contribution is 0.276. The first kappa shape index (κ1) is 18.0. The zero-order valence-corrected chi connectivity index (χ0v) is 16.4. The quantitative estimate of drug-likeness (QED) is 0.459. The molecule has 0 spiro atoms. The minimum atomic E-state index is -0.753. The van der Waals surface area contributed by atoms with E-state index in [1.54, 1.807) is 5.57 Å². The van der Waals surface area contributed by atoms with Crippen molar-refractivity contribution in [1.82, 2.24) is 0 Å². The molecule has 2 aromatic rings. The number of rotatable bonds is 5. The van der Waals surface area contributed by atoms with Gasteiger partial charge in [0.15, 0.2) is 0 Å². The first-order chi connectivity index (χ1) is 12.9. The Labute approximate surface area is 159 Å². The molecule has 2 saturated carbocycles. The third-order valence-corrected chi connectivity index (χ3v) is 7.66. The number of hydrogen-bond donors (Lipinski definition) is 0. The van der Waals surface area contributed by atoms with Gasteiger partial charge in [-0.2, -0.15) is 0 Å². The minimum absolute atomic E-state index is 0.309. The molecular formula is C24H29OP. The largest absolute Gasteiger partial charge is 0.342 e. The van der Waals surface area contributed by atoms with E-state index in [0.29, 0.717) is 6.10 Å². The molecule has 136 valence electrons. The van der Waals surface area contributed by atoms with Gasteiger partial charge in [-0.3, -0.25) is 0 Å². The maximum Gasteiger partial charge on any atom is 0.0926 e. The highest BCUT2D eigenvalue weighted by Crippen LogP contribution is 2.43. The third-order valence-electron chi connectivity index (χ3n) is 5.66. The lowest BCUT2D eigenvalue weighted by atomic mass is 9.87. The SMILES string of the molecule is C(=C1/CCC[C@H]1OP(c1ccccc1)c1ccccc1)/C1CCCCC1. The van der Waals surface area contributed by atoms with Crippen molar-refractivity contribution >= 4 is 18.8 Å². The number of allylic oxidation sites excluding steroid dienone is 1. The number of hydrogen-bond acceptors (Lipinski definition) is 1. The van der Waals surface area contributed by atoms with Gasteiger partial charge in [0.2, 0.25) is 0 Å². The Morgan fingerprint density at radius 3 is 1.96 bits per heavy atom. The summed E-state index contributed by atoms with van der Waals surface area (Å²) in [7, 11) is -0.753. The topological polar surface area (TPSA) is 9.23 Å². The van der Waals surface area contributed by atoms with Crippen LogP contribution in [-0.2, 0) is 4.52 Å². The highest BCUT2D eigenvalue weighted by molar-refractivity contribution is 7.68. The van der Waals surface area contributed by atoms with Crippen molar-refractivity contribution in [2.45, 2.75) is 57.5 Å². The van der Waals surface area contributed by atoms with Crippen LogP contribution in [-0.4, -0.2) is 6.10 Å². The molecule has 0 amide bonds. The Bertz CT molecular complexity index is 664. The van der Waals surface area contributed by atoms with Gasteiger partial charge in [0.1, 0.15) is 0 Å². The maximum absolute atomic E-state index is 6.83. The monoisotopic (exact) mass is 364 g/mol. The predicted molar refractivity (Wildman–Crippen MR) is 112 cm³/mol. The van der Waals surface area contributed by atoms with Crippen LogP contribution in [0.1, 0.15) is 51.4 Å². The van der Waals surface area contributed by atoms with Crippen LogP contribution in [0, 0.1) is 5.92 Å². The summed E-state index contributed by atoms with van der Waals surface area (Å²) in [6.45, 7) is 0. The van der Waals surface area contributed by atoms with Gasteiger partial charge in [0.05, 0.1) is 14.3 Å². The van der Waals surface area contributed by atoms with Crippen LogP contribution in [0.3, 0.4) is 0 Å². The molecule has 0 heterocycles. The molecule has 2 aliphatic carbocycles.